The van der Waals surface area contributed by atoms with Crippen LogP contribution in [0.5, 0.6) is 0 Å². The number of allylic oxidation sites excluding steroid dienone is 2. The molecule has 55 heavy (non-hydrogen) atoms. The summed E-state index contributed by atoms with van der Waals surface area (Å²) in [6, 6.07) is 0. The fourth-order valence-electron chi connectivity index (χ4n) is 8.45. The normalized spacial score (nSPS) is 12.2. The highest BCUT2D eigenvalue weighted by atomic mass is 31.1. The fraction of sp³-hybridized carbons (Fsp3) is 0.926. The van der Waals surface area contributed by atoms with Gasteiger partial charge in [-0.25, -0.2) is 0 Å². The van der Waals surface area contributed by atoms with Crippen molar-refractivity contribution in [3.63, 3.8) is 0 Å². The van der Waals surface area contributed by atoms with Crippen molar-refractivity contribution in [3.8, 4) is 0 Å². The molecule has 0 rings (SSSR count). The van der Waals surface area contributed by atoms with Gasteiger partial charge in [-0.15, -0.1) is 0 Å². The van der Waals surface area contributed by atoms with Gasteiger partial charge in [0.2, 0.25) is 0 Å². The molecule has 0 amide bonds. The van der Waals surface area contributed by atoms with Crippen LogP contribution in [-0.2, 0) is 0 Å². The van der Waals surface area contributed by atoms with Crippen LogP contribution in [-0.4, -0.2) is 0 Å². The van der Waals surface area contributed by atoms with Gasteiger partial charge in [-0.05, 0) is 25.7 Å². The zero-order valence-electron chi connectivity index (χ0n) is 38.8. The highest BCUT2D eigenvalue weighted by molar-refractivity contribution is 7.45. The van der Waals surface area contributed by atoms with Crippen LogP contribution in [0.25, 0.3) is 0 Å². The SMILES string of the molecule is CCCCCCCCCCCCCCCCCCCCCCCCCC=CPC=CCCCCCCCCCCCCCCCCCCCCCCCCC. The van der Waals surface area contributed by atoms with Crippen molar-refractivity contribution in [1.82, 2.24) is 0 Å². The van der Waals surface area contributed by atoms with Crippen LogP contribution in [0.1, 0.15) is 322 Å². The third-order valence-electron chi connectivity index (χ3n) is 12.4. The third kappa shape index (κ3) is 53.9. The van der Waals surface area contributed by atoms with Crippen molar-refractivity contribution >= 4 is 8.58 Å². The second-order valence-corrected chi connectivity index (χ2v) is 19.1. The van der Waals surface area contributed by atoms with Gasteiger partial charge in [-0.2, -0.15) is 0 Å². The molecule has 0 aromatic rings. The molecule has 0 spiro atoms. The molecule has 0 bridgehead atoms. The maximum atomic E-state index is 2.44. The summed E-state index contributed by atoms with van der Waals surface area (Å²) in [6.07, 6.45) is 75.0. The van der Waals surface area contributed by atoms with Crippen molar-refractivity contribution in [2.45, 2.75) is 322 Å². The van der Waals surface area contributed by atoms with Gasteiger partial charge in [0.25, 0.3) is 0 Å². The average molecular weight is 787 g/mol. The molecule has 0 aromatic carbocycles. The Bertz CT molecular complexity index is 635. The van der Waals surface area contributed by atoms with Gasteiger partial charge < -0.3 is 0 Å². The van der Waals surface area contributed by atoms with Crippen molar-refractivity contribution in [2.75, 3.05) is 0 Å². The molecule has 1 heteroatoms. The summed E-state index contributed by atoms with van der Waals surface area (Å²) < 4.78 is 0. The Morgan fingerprint density at radius 3 is 0.509 bits per heavy atom. The maximum absolute atomic E-state index is 2.44. The topological polar surface area (TPSA) is 0 Å². The molecule has 0 aliphatic carbocycles. The Morgan fingerprint density at radius 1 is 0.200 bits per heavy atom. The Morgan fingerprint density at radius 2 is 0.345 bits per heavy atom. The number of hydrogen-bond donors (Lipinski definition) is 0. The monoisotopic (exact) mass is 787 g/mol. The first kappa shape index (κ1) is 54.9. The van der Waals surface area contributed by atoms with E-state index in [0.29, 0.717) is 0 Å². The van der Waals surface area contributed by atoms with E-state index in [-0.39, 0.29) is 0 Å². The van der Waals surface area contributed by atoms with Gasteiger partial charge in [0.1, 0.15) is 0 Å². The average Bonchev–Trinajstić information content (AvgIpc) is 3.20. The molecule has 0 aliphatic rings. The van der Waals surface area contributed by atoms with E-state index in [4.69, 9.17) is 0 Å². The first-order valence-electron chi connectivity index (χ1n) is 26.5. The van der Waals surface area contributed by atoms with Crippen LogP contribution in [0, 0.1) is 0 Å². The van der Waals surface area contributed by atoms with Crippen molar-refractivity contribution in [2.24, 2.45) is 0 Å². The molecule has 0 fully saturated rings. The standard InChI is InChI=1S/C54H107P/c1-3-5-7-9-11-13-15-17-19-21-23-25-27-29-31-33-35-37-39-41-43-45-47-49-51-53-55-54-52-50-48-46-44-42-40-38-36-34-32-30-28-26-24-22-20-18-16-14-12-10-8-6-4-2/h51-55H,3-50H2,1-2H3. The molecule has 0 unspecified atom stereocenters. The summed E-state index contributed by atoms with van der Waals surface area (Å²) >= 11 is 0. The lowest BCUT2D eigenvalue weighted by molar-refractivity contribution is 0.518. The van der Waals surface area contributed by atoms with Crippen LogP contribution < -0.4 is 0 Å². The van der Waals surface area contributed by atoms with Crippen LogP contribution in [0.4, 0.5) is 0 Å². The van der Waals surface area contributed by atoms with Crippen molar-refractivity contribution in [3.05, 3.63) is 23.8 Å². The lowest BCUT2D eigenvalue weighted by Gasteiger charge is -2.04. The highest BCUT2D eigenvalue weighted by Gasteiger charge is 1.98. The Kier molecular flexibility index (Phi) is 53.8. The van der Waals surface area contributed by atoms with Crippen LogP contribution in [0.3, 0.4) is 0 Å². The minimum absolute atomic E-state index is 0.891. The molecular weight excluding hydrogens is 680 g/mol. The molecule has 0 saturated carbocycles. The lowest BCUT2D eigenvalue weighted by Crippen LogP contribution is -1.84. The van der Waals surface area contributed by atoms with Crippen molar-refractivity contribution < 1.29 is 0 Å². The van der Waals surface area contributed by atoms with E-state index in [2.05, 4.69) is 37.6 Å². The Hall–Kier alpha value is -0.0900. The summed E-state index contributed by atoms with van der Waals surface area (Å²) in [7, 11) is 0.891. The van der Waals surface area contributed by atoms with Crippen LogP contribution in [0.15, 0.2) is 23.8 Å². The van der Waals surface area contributed by atoms with Gasteiger partial charge in [-0.3, -0.25) is 0 Å². The van der Waals surface area contributed by atoms with Gasteiger partial charge in [0.05, 0.1) is 0 Å². The molecule has 0 aromatic heterocycles. The smallest absolute Gasteiger partial charge is 0.0347 e. The zero-order chi connectivity index (χ0) is 39.5. The maximum Gasteiger partial charge on any atom is -0.0347 e. The summed E-state index contributed by atoms with van der Waals surface area (Å²) in [4.78, 5) is 0. The summed E-state index contributed by atoms with van der Waals surface area (Å²) in [5, 5.41) is 0. The third-order valence-corrected chi connectivity index (χ3v) is 13.2. The summed E-state index contributed by atoms with van der Waals surface area (Å²) in [6.45, 7) is 4.62. The molecular formula is C54H107P. The predicted molar refractivity (Wildman–Crippen MR) is 260 cm³/mol. The van der Waals surface area contributed by atoms with Gasteiger partial charge in [0, 0.05) is 0 Å². The Balaban J connectivity index is 3.14. The summed E-state index contributed by atoms with van der Waals surface area (Å²) in [5.41, 5.74) is 0. The number of hydrogen-bond acceptors (Lipinski definition) is 0. The lowest BCUT2D eigenvalue weighted by atomic mass is 10.0. The van der Waals surface area contributed by atoms with E-state index in [1.807, 2.05) is 0 Å². The second kappa shape index (κ2) is 53.9. The number of unbranched alkanes of at least 4 members (excludes halogenated alkanes) is 46. The quantitative estimate of drug-likeness (QED) is 0.0426. The number of rotatable bonds is 50. The molecule has 0 saturated heterocycles. The second-order valence-electron chi connectivity index (χ2n) is 18.1. The van der Waals surface area contributed by atoms with E-state index >= 15 is 0 Å². The van der Waals surface area contributed by atoms with E-state index < -0.39 is 0 Å². The van der Waals surface area contributed by atoms with Crippen LogP contribution in [0.2, 0.25) is 0 Å². The molecule has 0 N–H and O–H groups in total. The van der Waals surface area contributed by atoms with Crippen LogP contribution >= 0.6 is 8.58 Å². The highest BCUT2D eigenvalue weighted by Crippen LogP contribution is 2.19. The first-order valence-corrected chi connectivity index (χ1v) is 27.6. The van der Waals surface area contributed by atoms with E-state index in [1.165, 1.54) is 308 Å². The molecule has 0 aliphatic heterocycles. The molecule has 0 heterocycles. The predicted octanol–water partition coefficient (Wildman–Crippen LogP) is 21.5. The summed E-state index contributed by atoms with van der Waals surface area (Å²) in [5.74, 6) is 4.85. The fourth-order valence-corrected chi connectivity index (χ4v) is 9.17. The molecule has 0 radical (unpaired) electrons. The minimum atomic E-state index is 0.891. The van der Waals surface area contributed by atoms with Gasteiger partial charge >= 0.3 is 0 Å². The van der Waals surface area contributed by atoms with E-state index in [9.17, 15) is 0 Å². The van der Waals surface area contributed by atoms with E-state index in [0.717, 1.165) is 8.58 Å². The minimum Gasteiger partial charge on any atom is -0.0840 e. The first-order chi connectivity index (χ1) is 27.4. The largest absolute Gasteiger partial charge is 0.0840 e. The zero-order valence-corrected chi connectivity index (χ0v) is 39.8. The molecule has 0 nitrogen and oxygen atoms in total. The van der Waals surface area contributed by atoms with Crippen molar-refractivity contribution in [1.29, 1.82) is 0 Å². The Labute approximate surface area is 353 Å². The molecule has 328 valence electrons. The van der Waals surface area contributed by atoms with Gasteiger partial charge in [-0.1, -0.05) is 329 Å². The molecule has 0 atom stereocenters. The van der Waals surface area contributed by atoms with Gasteiger partial charge in [0.15, 0.2) is 0 Å². The van der Waals surface area contributed by atoms with E-state index in [1.54, 1.807) is 0 Å².